The maximum absolute atomic E-state index is 13.5. The van der Waals surface area contributed by atoms with E-state index in [-0.39, 0.29) is 24.9 Å². The van der Waals surface area contributed by atoms with Gasteiger partial charge in [0, 0.05) is 12.3 Å². The van der Waals surface area contributed by atoms with Gasteiger partial charge in [0.15, 0.2) is 11.7 Å². The lowest BCUT2D eigenvalue weighted by Gasteiger charge is -2.40. The number of nitrogens with one attached hydrogen (secondary N) is 1. The van der Waals surface area contributed by atoms with Gasteiger partial charge in [0.1, 0.15) is 23.6 Å². The lowest BCUT2D eigenvalue weighted by atomic mass is 9.77. The van der Waals surface area contributed by atoms with Crippen molar-refractivity contribution in [2.45, 2.75) is 44.0 Å². The van der Waals surface area contributed by atoms with Gasteiger partial charge in [-0.15, -0.1) is 0 Å². The minimum Gasteiger partial charge on any atom is -0.453 e. The molecule has 1 aromatic carbocycles. The lowest BCUT2D eigenvalue weighted by molar-refractivity contribution is -0.169. The summed E-state index contributed by atoms with van der Waals surface area (Å²) in [7, 11) is 0. The fourth-order valence-electron chi connectivity index (χ4n) is 5.02. The van der Waals surface area contributed by atoms with E-state index in [4.69, 9.17) is 15.2 Å². The molecule has 2 fully saturated rings. The van der Waals surface area contributed by atoms with Gasteiger partial charge in [-0.2, -0.15) is 4.37 Å². The zero-order valence-electron chi connectivity index (χ0n) is 20.3. The number of benzene rings is 1. The Morgan fingerprint density at radius 1 is 1.29 bits per heavy atom. The first-order valence-electron chi connectivity index (χ1n) is 12.1. The first kappa shape index (κ1) is 24.4. The average Bonchev–Trinajstić information content (AvgIpc) is 3.26. The van der Waals surface area contributed by atoms with Crippen LogP contribution in [0.3, 0.4) is 0 Å². The fourth-order valence-corrected chi connectivity index (χ4v) is 5.86. The van der Waals surface area contributed by atoms with Crippen molar-refractivity contribution in [2.75, 3.05) is 23.8 Å². The van der Waals surface area contributed by atoms with Crippen LogP contribution in [-0.4, -0.2) is 55.6 Å². The summed E-state index contributed by atoms with van der Waals surface area (Å²) >= 11 is 1.09. The van der Waals surface area contributed by atoms with Gasteiger partial charge in [0.05, 0.1) is 34.4 Å². The number of fused-ring (bicyclic) bond motifs is 3. The number of hydrogen-bond acceptors (Lipinski definition) is 11. The first-order chi connectivity index (χ1) is 18.3. The molecule has 12 nitrogen and oxygen atoms in total. The van der Waals surface area contributed by atoms with E-state index in [9.17, 15) is 19.5 Å². The van der Waals surface area contributed by atoms with Gasteiger partial charge in [-0.05, 0) is 55.1 Å². The maximum atomic E-state index is 13.5. The summed E-state index contributed by atoms with van der Waals surface area (Å²) in [6.07, 6.45) is -0.635. The molecule has 1 saturated carbocycles. The van der Waals surface area contributed by atoms with E-state index in [1.165, 1.54) is 11.8 Å². The highest BCUT2D eigenvalue weighted by molar-refractivity contribution is 7.14. The second-order valence-electron chi connectivity index (χ2n) is 9.40. The number of nitrogens with two attached hydrogens (primary N) is 1. The Balaban J connectivity index is 1.30. The molecule has 2 aliphatic rings. The minimum atomic E-state index is -1.54. The molecule has 0 bridgehead atoms. The highest BCUT2D eigenvalue weighted by Gasteiger charge is 2.44. The molecule has 4 N–H and O–H groups in total. The Hall–Kier alpha value is -3.94. The zero-order valence-corrected chi connectivity index (χ0v) is 21.2. The van der Waals surface area contributed by atoms with Crippen molar-refractivity contribution in [2.24, 2.45) is 0 Å². The highest BCUT2D eigenvalue weighted by atomic mass is 32.1. The molecular weight excluding hydrogens is 512 g/mol. The largest absolute Gasteiger partial charge is 0.453 e. The van der Waals surface area contributed by atoms with Gasteiger partial charge < -0.3 is 25.3 Å². The molecule has 1 saturated heterocycles. The quantitative estimate of drug-likeness (QED) is 0.320. The number of aliphatic hydroxyl groups excluding tert-OH is 1. The molecule has 196 valence electrons. The van der Waals surface area contributed by atoms with E-state index in [2.05, 4.69) is 19.3 Å². The predicted octanol–water partition coefficient (Wildman–Crippen LogP) is 1.92. The number of H-pyrrole nitrogens is 1. The van der Waals surface area contributed by atoms with Crippen LogP contribution in [0.2, 0.25) is 0 Å². The summed E-state index contributed by atoms with van der Waals surface area (Å²) in [6.45, 7) is 1.71. The van der Waals surface area contributed by atoms with Crippen molar-refractivity contribution >= 4 is 56.0 Å². The molecule has 2 atom stereocenters. The normalized spacial score (nSPS) is 19.9. The number of anilines is 2. The standard InChI is InChI=1S/C25H24N6O6S/c1-12(32)37-25(8-3-9-25)15-4-2-5-16(28-15)31-10-11-36-19(24(31)35)18(33)22-27-14-7-6-13-20(38-30-21(13)26)17(14)23(34)29-22/h2,4-7,18-19,33H,3,8-11H2,1H3,(H2,26,30)(H,27,29,34)/t18-,19?/m1/s1. The van der Waals surface area contributed by atoms with Crippen molar-refractivity contribution < 1.29 is 24.2 Å². The third kappa shape index (κ3) is 3.90. The maximum Gasteiger partial charge on any atom is 0.303 e. The average molecular weight is 537 g/mol. The summed E-state index contributed by atoms with van der Waals surface area (Å²) in [5.74, 6) is -0.331. The summed E-state index contributed by atoms with van der Waals surface area (Å²) in [6, 6.07) is 8.55. The molecule has 3 aromatic heterocycles. The van der Waals surface area contributed by atoms with Gasteiger partial charge in [-0.3, -0.25) is 19.3 Å². The molecule has 0 spiro atoms. The smallest absolute Gasteiger partial charge is 0.303 e. The Bertz CT molecular complexity index is 1650. The molecule has 1 amide bonds. The van der Waals surface area contributed by atoms with Crippen LogP contribution in [0.25, 0.3) is 21.0 Å². The molecule has 1 aliphatic carbocycles. The summed E-state index contributed by atoms with van der Waals surface area (Å²) in [5.41, 5.74) is 5.51. The van der Waals surface area contributed by atoms with Crippen LogP contribution in [-0.2, 0) is 24.7 Å². The number of aromatic nitrogens is 4. The molecular formula is C25H24N6O6S. The number of morpholine rings is 1. The third-order valence-corrected chi connectivity index (χ3v) is 7.92. The Morgan fingerprint density at radius 3 is 2.84 bits per heavy atom. The number of carbonyl (C=O) groups is 2. The minimum absolute atomic E-state index is 0.0930. The van der Waals surface area contributed by atoms with E-state index in [1.807, 2.05) is 0 Å². The van der Waals surface area contributed by atoms with Crippen molar-refractivity contribution in [1.82, 2.24) is 19.3 Å². The number of aromatic amines is 1. The Morgan fingerprint density at radius 2 is 2.11 bits per heavy atom. The predicted molar refractivity (Wildman–Crippen MR) is 139 cm³/mol. The van der Waals surface area contributed by atoms with Crippen LogP contribution < -0.4 is 16.2 Å². The topological polar surface area (TPSA) is 174 Å². The van der Waals surface area contributed by atoms with Crippen molar-refractivity contribution in [3.05, 3.63) is 52.2 Å². The van der Waals surface area contributed by atoms with Crippen LogP contribution in [0.15, 0.2) is 35.1 Å². The number of amides is 1. The van der Waals surface area contributed by atoms with Crippen molar-refractivity contribution in [3.8, 4) is 0 Å². The van der Waals surface area contributed by atoms with Crippen LogP contribution in [0.5, 0.6) is 0 Å². The monoisotopic (exact) mass is 536 g/mol. The highest BCUT2D eigenvalue weighted by Crippen LogP contribution is 2.44. The molecule has 13 heteroatoms. The fraction of sp³-hybridized carbons (Fsp3) is 0.360. The number of nitrogens with zero attached hydrogens (tertiary/aromatic N) is 4. The number of ether oxygens (including phenoxy) is 2. The van der Waals surface area contributed by atoms with E-state index in [1.54, 1.807) is 30.3 Å². The number of pyridine rings is 1. The molecule has 6 rings (SSSR count). The van der Waals surface area contributed by atoms with Crippen LogP contribution >= 0.6 is 11.5 Å². The van der Waals surface area contributed by atoms with Gasteiger partial charge in [0.25, 0.3) is 11.5 Å². The van der Waals surface area contributed by atoms with Crippen molar-refractivity contribution in [3.63, 3.8) is 0 Å². The van der Waals surface area contributed by atoms with E-state index in [0.29, 0.717) is 51.2 Å². The van der Waals surface area contributed by atoms with Gasteiger partial charge in [0.2, 0.25) is 0 Å². The Labute approximate surface area is 219 Å². The molecule has 4 aromatic rings. The van der Waals surface area contributed by atoms with Crippen molar-refractivity contribution in [1.29, 1.82) is 0 Å². The Kier molecular flexibility index (Phi) is 5.85. The molecule has 1 unspecified atom stereocenters. The summed E-state index contributed by atoms with van der Waals surface area (Å²) in [4.78, 5) is 51.2. The van der Waals surface area contributed by atoms with Crippen LogP contribution in [0, 0.1) is 0 Å². The number of carbonyl (C=O) groups excluding carboxylic acids is 2. The zero-order chi connectivity index (χ0) is 26.6. The van der Waals surface area contributed by atoms with Crippen LogP contribution in [0.1, 0.15) is 43.8 Å². The third-order valence-electron chi connectivity index (χ3n) is 7.02. The number of esters is 1. The number of hydrogen-bond donors (Lipinski definition) is 3. The van der Waals surface area contributed by atoms with Gasteiger partial charge >= 0.3 is 5.97 Å². The second kappa shape index (κ2) is 9.11. The lowest BCUT2D eigenvalue weighted by Crippen LogP contribution is -2.51. The van der Waals surface area contributed by atoms with Crippen LogP contribution in [0.4, 0.5) is 11.6 Å². The summed E-state index contributed by atoms with van der Waals surface area (Å²) in [5, 5.41) is 12.1. The van der Waals surface area contributed by atoms with E-state index < -0.39 is 29.3 Å². The number of aliphatic hydroxyl groups is 1. The van der Waals surface area contributed by atoms with E-state index in [0.717, 1.165) is 18.0 Å². The van der Waals surface area contributed by atoms with Gasteiger partial charge in [-0.1, -0.05) is 6.07 Å². The molecule has 0 radical (unpaired) electrons. The molecule has 1 aliphatic heterocycles. The number of rotatable bonds is 5. The second-order valence-corrected chi connectivity index (χ2v) is 10.2. The first-order valence-corrected chi connectivity index (χ1v) is 12.9. The molecule has 38 heavy (non-hydrogen) atoms. The summed E-state index contributed by atoms with van der Waals surface area (Å²) < 4.78 is 15.9. The van der Waals surface area contributed by atoms with Gasteiger partial charge in [-0.25, -0.2) is 9.97 Å². The number of nitrogen functional groups attached to an aromatic ring is 1. The SMILES string of the molecule is CC(=O)OC1(c2cccc(N3CCOC([C@@H](O)c4nc5ccc6c(N)nsc6c5c(=O)[nH]4)C3=O)n2)CCC1. The van der Waals surface area contributed by atoms with E-state index >= 15 is 0 Å². The molecule has 4 heterocycles.